The summed E-state index contributed by atoms with van der Waals surface area (Å²) in [5.74, 6) is 1.45. The molecule has 3 fully saturated rings. The molecule has 6 rings (SSSR count). The molecular weight excluding hydrogens is 566 g/mol. The Morgan fingerprint density at radius 2 is 1.42 bits per heavy atom. The van der Waals surface area contributed by atoms with Crippen LogP contribution in [0.3, 0.4) is 0 Å². The summed E-state index contributed by atoms with van der Waals surface area (Å²) in [5, 5.41) is 6.32. The summed E-state index contributed by atoms with van der Waals surface area (Å²) in [5.41, 5.74) is 4.52. The van der Waals surface area contributed by atoms with E-state index in [2.05, 4.69) is 66.5 Å². The molecule has 0 radical (unpaired) electrons. The van der Waals surface area contributed by atoms with Crippen molar-refractivity contribution < 1.29 is 9.59 Å². The molecule has 0 atom stereocenters. The van der Waals surface area contributed by atoms with Gasteiger partial charge in [-0.2, -0.15) is 4.98 Å². The molecule has 11 nitrogen and oxygen atoms in total. The Morgan fingerprint density at radius 1 is 0.778 bits per heavy atom. The van der Waals surface area contributed by atoms with E-state index in [9.17, 15) is 9.59 Å². The van der Waals surface area contributed by atoms with Crippen molar-refractivity contribution in [3.63, 3.8) is 0 Å². The highest BCUT2D eigenvalue weighted by molar-refractivity contribution is 5.95. The topological polar surface area (TPSA) is 100 Å². The number of carbonyl (C=O) groups excluding carboxylic acids is 2. The summed E-state index contributed by atoms with van der Waals surface area (Å²) < 4.78 is 0. The molecule has 3 aliphatic rings. The second-order valence-corrected chi connectivity index (χ2v) is 12.5. The first-order chi connectivity index (χ1) is 21.8. The summed E-state index contributed by atoms with van der Waals surface area (Å²) in [4.78, 5) is 45.4. The maximum absolute atomic E-state index is 12.9. The number of hydrogen-bond acceptors (Lipinski definition) is 9. The summed E-state index contributed by atoms with van der Waals surface area (Å²) >= 11 is 0. The predicted molar refractivity (Wildman–Crippen MR) is 180 cm³/mol. The number of benzene rings is 2. The quantitative estimate of drug-likeness (QED) is 0.379. The number of carbonyl (C=O) groups is 2. The smallest absolute Gasteiger partial charge is 0.321 e. The predicted octanol–water partition coefficient (Wildman–Crippen LogP) is 4.30. The molecule has 11 heteroatoms. The van der Waals surface area contributed by atoms with Crippen LogP contribution in [0.15, 0.2) is 54.7 Å². The molecule has 0 unspecified atom stereocenters. The average Bonchev–Trinajstić information content (AvgIpc) is 3.07. The van der Waals surface area contributed by atoms with Gasteiger partial charge in [-0.25, -0.2) is 9.78 Å². The highest BCUT2D eigenvalue weighted by atomic mass is 16.2. The minimum absolute atomic E-state index is 0.00278. The third-order valence-electron chi connectivity index (χ3n) is 9.36. The van der Waals surface area contributed by atoms with Crippen LogP contribution >= 0.6 is 0 Å². The molecular formula is C34H45N9O2. The molecule has 45 heavy (non-hydrogen) atoms. The third-order valence-corrected chi connectivity index (χ3v) is 9.36. The lowest BCUT2D eigenvalue weighted by atomic mass is 10.0. The average molecular weight is 612 g/mol. The lowest BCUT2D eigenvalue weighted by Gasteiger charge is -2.42. The highest BCUT2D eigenvalue weighted by Gasteiger charge is 2.27. The number of amides is 2. The van der Waals surface area contributed by atoms with E-state index in [1.54, 1.807) is 24.3 Å². The van der Waals surface area contributed by atoms with E-state index in [1.165, 1.54) is 51.6 Å². The number of urea groups is 1. The Kier molecular flexibility index (Phi) is 9.46. The Balaban J connectivity index is 0.996. The molecule has 4 heterocycles. The van der Waals surface area contributed by atoms with Crippen LogP contribution in [0.2, 0.25) is 0 Å². The van der Waals surface area contributed by atoms with Crippen molar-refractivity contribution in [1.82, 2.24) is 24.7 Å². The number of hydrogen-bond donors (Lipinski definition) is 2. The number of aryl methyl sites for hydroxylation is 1. The van der Waals surface area contributed by atoms with Crippen molar-refractivity contribution >= 4 is 40.6 Å². The number of anilines is 5. The molecule has 2 amide bonds. The standard InChI is InChI=1S/C34H45N9O2/c1-25-24-35-33(36-28-8-10-30(11-9-28)40-14-12-31(13-15-40)41-18-16-39(3)17-19-41)38-32(25)42-20-22-43(23-21-42)34(45)37-29-6-4-27(5-7-29)26(2)44/h4-11,24,31H,12-23H2,1-3H3,(H,37,45)(H,35,36,38). The van der Waals surface area contributed by atoms with Crippen LogP contribution in [0, 0.1) is 6.92 Å². The first-order valence-corrected chi connectivity index (χ1v) is 16.1. The van der Waals surface area contributed by atoms with Crippen LogP contribution in [-0.4, -0.2) is 115 Å². The number of ketones is 1. The molecule has 2 N–H and O–H groups in total. The maximum Gasteiger partial charge on any atom is 0.321 e. The van der Waals surface area contributed by atoms with Crippen LogP contribution in [0.4, 0.5) is 33.6 Å². The van der Waals surface area contributed by atoms with Gasteiger partial charge >= 0.3 is 6.03 Å². The summed E-state index contributed by atoms with van der Waals surface area (Å²) in [6, 6.07) is 16.1. The van der Waals surface area contributed by atoms with Gasteiger partial charge in [0.05, 0.1) is 0 Å². The fourth-order valence-electron chi connectivity index (χ4n) is 6.49. The molecule has 0 bridgehead atoms. The fraction of sp³-hybridized carbons (Fsp3) is 0.471. The second kappa shape index (κ2) is 13.8. The van der Waals surface area contributed by atoms with E-state index in [4.69, 9.17) is 4.98 Å². The number of piperidine rings is 1. The monoisotopic (exact) mass is 611 g/mol. The number of aromatic nitrogens is 2. The Bertz CT molecular complexity index is 1460. The first-order valence-electron chi connectivity index (χ1n) is 16.1. The van der Waals surface area contributed by atoms with E-state index in [1.807, 2.05) is 18.0 Å². The van der Waals surface area contributed by atoms with Gasteiger partial charge in [-0.3, -0.25) is 9.69 Å². The molecule has 3 saturated heterocycles. The first kappa shape index (κ1) is 30.8. The zero-order chi connectivity index (χ0) is 31.3. The number of Topliss-reactive ketones (excluding diaryl/α,β-unsaturated/α-hetero) is 1. The van der Waals surface area contributed by atoms with Crippen LogP contribution in [0.1, 0.15) is 35.7 Å². The zero-order valence-corrected chi connectivity index (χ0v) is 26.7. The molecule has 1 aromatic heterocycles. The largest absolute Gasteiger partial charge is 0.371 e. The SMILES string of the molecule is CC(=O)c1ccc(NC(=O)N2CCN(c3nc(Nc4ccc(N5CCC(N6CCN(C)CC6)CC5)cc4)ncc3C)CC2)cc1. The van der Waals surface area contributed by atoms with Crippen LogP contribution in [-0.2, 0) is 0 Å². The lowest BCUT2D eigenvalue weighted by Crippen LogP contribution is -2.52. The molecule has 2 aromatic carbocycles. The minimum Gasteiger partial charge on any atom is -0.371 e. The van der Waals surface area contributed by atoms with Gasteiger partial charge in [-0.15, -0.1) is 0 Å². The molecule has 0 aliphatic carbocycles. The van der Waals surface area contributed by atoms with E-state index in [-0.39, 0.29) is 11.8 Å². The van der Waals surface area contributed by atoms with E-state index in [0.717, 1.165) is 30.2 Å². The summed E-state index contributed by atoms with van der Waals surface area (Å²) in [7, 11) is 2.22. The van der Waals surface area contributed by atoms with Gasteiger partial charge < -0.3 is 30.2 Å². The number of nitrogens with zero attached hydrogens (tertiary/aromatic N) is 7. The summed E-state index contributed by atoms with van der Waals surface area (Å²) in [6.07, 6.45) is 4.30. The molecule has 238 valence electrons. The fourth-order valence-corrected chi connectivity index (χ4v) is 6.49. The minimum atomic E-state index is -0.144. The third kappa shape index (κ3) is 7.54. The molecule has 3 aromatic rings. The Morgan fingerprint density at radius 3 is 2.07 bits per heavy atom. The van der Waals surface area contributed by atoms with E-state index < -0.39 is 0 Å². The van der Waals surface area contributed by atoms with Gasteiger partial charge in [0.25, 0.3) is 0 Å². The lowest BCUT2D eigenvalue weighted by molar-refractivity contribution is 0.0982. The van der Waals surface area contributed by atoms with Crippen molar-refractivity contribution in [3.8, 4) is 0 Å². The Hall–Kier alpha value is -4.22. The van der Waals surface area contributed by atoms with Crippen molar-refractivity contribution in [2.24, 2.45) is 0 Å². The van der Waals surface area contributed by atoms with Gasteiger partial charge in [0.15, 0.2) is 5.78 Å². The van der Waals surface area contributed by atoms with Crippen LogP contribution in [0.5, 0.6) is 0 Å². The van der Waals surface area contributed by atoms with Crippen LogP contribution in [0.25, 0.3) is 0 Å². The number of rotatable bonds is 7. The molecule has 0 spiro atoms. The number of nitrogens with one attached hydrogen (secondary N) is 2. The number of piperazine rings is 2. The number of likely N-dealkylation sites (N-methyl/N-ethyl adjacent to an activating group) is 1. The van der Waals surface area contributed by atoms with E-state index >= 15 is 0 Å². The van der Waals surface area contributed by atoms with Crippen molar-refractivity contribution in [2.75, 3.05) is 92.9 Å². The van der Waals surface area contributed by atoms with Crippen molar-refractivity contribution in [2.45, 2.75) is 32.7 Å². The molecule has 0 saturated carbocycles. The van der Waals surface area contributed by atoms with Gasteiger partial charge in [-0.1, -0.05) is 0 Å². The maximum atomic E-state index is 12.9. The van der Waals surface area contributed by atoms with Gasteiger partial charge in [-0.05, 0) is 82.3 Å². The summed E-state index contributed by atoms with van der Waals surface area (Å²) in [6.45, 7) is 13.0. The Labute approximate surface area is 266 Å². The zero-order valence-electron chi connectivity index (χ0n) is 26.7. The van der Waals surface area contributed by atoms with Gasteiger partial charge in [0.1, 0.15) is 5.82 Å². The normalized spacial score (nSPS) is 18.6. The van der Waals surface area contributed by atoms with Gasteiger partial charge in [0.2, 0.25) is 5.95 Å². The van der Waals surface area contributed by atoms with Crippen molar-refractivity contribution in [3.05, 3.63) is 65.9 Å². The molecule has 3 aliphatic heterocycles. The highest BCUT2D eigenvalue weighted by Crippen LogP contribution is 2.27. The van der Waals surface area contributed by atoms with Crippen molar-refractivity contribution in [1.29, 1.82) is 0 Å². The second-order valence-electron chi connectivity index (χ2n) is 12.5. The van der Waals surface area contributed by atoms with E-state index in [0.29, 0.717) is 49.4 Å². The van der Waals surface area contributed by atoms with Crippen LogP contribution < -0.4 is 20.4 Å². The van der Waals surface area contributed by atoms with Gasteiger partial charge in [0, 0.05) is 106 Å².